The van der Waals surface area contributed by atoms with Gasteiger partial charge in [0.05, 0.1) is 13.0 Å². The van der Waals surface area contributed by atoms with E-state index in [4.69, 9.17) is 21.9 Å². The minimum absolute atomic E-state index is 0.0196. The fourth-order valence-corrected chi connectivity index (χ4v) is 2.31. The normalized spacial score (nSPS) is 11.1. The first-order chi connectivity index (χ1) is 11.2. The zero-order valence-corrected chi connectivity index (χ0v) is 15.2. The van der Waals surface area contributed by atoms with E-state index in [2.05, 4.69) is 27.9 Å². The average Bonchev–Trinajstić information content (AvgIpc) is 2.49. The minimum atomic E-state index is -2.07. The molecule has 0 unspecified atom stereocenters. The number of rotatable bonds is 10. The standard InChI is InChI=1S/C15H21IN4O4/c16-11-4-1-3-10(9-11)12(21)5-2-7-24-8-6-13(22)20-15(18,19)14(17)23/h1,3-4,9H,2,5-8,18-19H2,(H2,17,23)(H,20,22)/i16-4. The fraction of sp³-hybridized carbons (Fsp3) is 0.400. The number of hydrogen-bond donors (Lipinski definition) is 4. The van der Waals surface area contributed by atoms with Crippen LogP contribution >= 0.6 is 22.6 Å². The van der Waals surface area contributed by atoms with E-state index in [-0.39, 0.29) is 18.8 Å². The first-order valence-electron chi connectivity index (χ1n) is 7.27. The quantitative estimate of drug-likeness (QED) is 0.170. The third kappa shape index (κ3) is 7.34. The van der Waals surface area contributed by atoms with Crippen LogP contribution in [0.25, 0.3) is 0 Å². The number of benzene rings is 1. The zero-order valence-electron chi connectivity index (χ0n) is 13.1. The van der Waals surface area contributed by atoms with Crippen LogP contribution in [0.15, 0.2) is 24.3 Å². The number of nitrogens with two attached hydrogens (primary N) is 3. The summed E-state index contributed by atoms with van der Waals surface area (Å²) in [5.74, 6) is -3.61. The van der Waals surface area contributed by atoms with Gasteiger partial charge in [-0.1, -0.05) is 12.1 Å². The molecule has 7 N–H and O–H groups in total. The summed E-state index contributed by atoms with van der Waals surface area (Å²) in [6, 6.07) is 7.37. The molecule has 0 saturated heterocycles. The highest BCUT2D eigenvalue weighted by molar-refractivity contribution is 14.1. The number of ether oxygens (including phenoxy) is 1. The van der Waals surface area contributed by atoms with E-state index in [0.29, 0.717) is 25.0 Å². The summed E-state index contributed by atoms with van der Waals surface area (Å²) >= 11 is 2.15. The Kier molecular flexibility index (Phi) is 8.25. The Balaban J connectivity index is 2.17. The zero-order chi connectivity index (χ0) is 18.2. The maximum Gasteiger partial charge on any atom is 0.273 e. The van der Waals surface area contributed by atoms with E-state index >= 15 is 0 Å². The van der Waals surface area contributed by atoms with E-state index in [1.807, 2.05) is 18.2 Å². The molecule has 1 aromatic rings. The number of halogens is 1. The number of ketones is 1. The molecule has 0 spiro atoms. The molecule has 0 fully saturated rings. The average molecular weight is 444 g/mol. The van der Waals surface area contributed by atoms with Crippen molar-refractivity contribution in [2.45, 2.75) is 25.0 Å². The molecular weight excluding hydrogens is 423 g/mol. The van der Waals surface area contributed by atoms with Gasteiger partial charge in [-0.3, -0.25) is 25.9 Å². The summed E-state index contributed by atoms with van der Waals surface area (Å²) in [5, 5.41) is 2.10. The Morgan fingerprint density at radius 3 is 2.50 bits per heavy atom. The Bertz CT molecular complexity index is 607. The Hall–Kier alpha value is -1.56. The molecule has 0 aliphatic carbocycles. The van der Waals surface area contributed by atoms with Crippen LogP contribution < -0.4 is 22.5 Å². The van der Waals surface area contributed by atoms with Crippen molar-refractivity contribution in [1.82, 2.24) is 5.32 Å². The highest BCUT2D eigenvalue weighted by Crippen LogP contribution is 2.10. The van der Waals surface area contributed by atoms with Crippen LogP contribution in [0, 0.1) is 3.57 Å². The van der Waals surface area contributed by atoms with Crippen molar-refractivity contribution >= 4 is 40.2 Å². The topological polar surface area (TPSA) is 151 Å². The lowest BCUT2D eigenvalue weighted by molar-refractivity contribution is -0.131. The van der Waals surface area contributed by atoms with E-state index in [0.717, 1.165) is 3.57 Å². The van der Waals surface area contributed by atoms with Gasteiger partial charge in [0.1, 0.15) is 0 Å². The van der Waals surface area contributed by atoms with Crippen LogP contribution in [0.1, 0.15) is 29.6 Å². The van der Waals surface area contributed by atoms with Crippen LogP contribution in [0.2, 0.25) is 0 Å². The number of Topliss-reactive ketones (excluding diaryl/α,β-unsaturated/α-hetero) is 1. The fourth-order valence-electron chi connectivity index (χ4n) is 1.76. The van der Waals surface area contributed by atoms with Crippen LogP contribution in [-0.2, 0) is 14.3 Å². The molecule has 2 amide bonds. The third-order valence-electron chi connectivity index (χ3n) is 3.07. The number of primary amides is 1. The molecule has 0 aromatic heterocycles. The van der Waals surface area contributed by atoms with Crippen LogP contribution in [0.5, 0.6) is 0 Å². The molecular formula is C15H21IN4O4. The first-order valence-corrected chi connectivity index (χ1v) is 8.35. The number of hydrogen-bond acceptors (Lipinski definition) is 6. The van der Waals surface area contributed by atoms with E-state index in [1.54, 1.807) is 6.07 Å². The van der Waals surface area contributed by atoms with Gasteiger partial charge in [0.2, 0.25) is 11.7 Å². The maximum absolute atomic E-state index is 12.0. The molecule has 0 bridgehead atoms. The molecule has 24 heavy (non-hydrogen) atoms. The van der Waals surface area contributed by atoms with Gasteiger partial charge in [-0.15, -0.1) is 0 Å². The van der Waals surface area contributed by atoms with Crippen molar-refractivity contribution in [2.75, 3.05) is 13.2 Å². The highest BCUT2D eigenvalue weighted by Gasteiger charge is 2.28. The van der Waals surface area contributed by atoms with Gasteiger partial charge in [0, 0.05) is 22.2 Å². The second kappa shape index (κ2) is 9.67. The largest absolute Gasteiger partial charge is 0.381 e. The molecule has 0 radical (unpaired) electrons. The molecule has 132 valence electrons. The minimum Gasteiger partial charge on any atom is -0.381 e. The van der Waals surface area contributed by atoms with Crippen molar-refractivity contribution in [3.05, 3.63) is 33.4 Å². The van der Waals surface area contributed by atoms with Crippen molar-refractivity contribution in [1.29, 1.82) is 0 Å². The predicted octanol–water partition coefficient (Wildman–Crippen LogP) is -0.166. The number of carbonyl (C=O) groups is 3. The van der Waals surface area contributed by atoms with Gasteiger partial charge in [0.25, 0.3) is 5.91 Å². The lowest BCUT2D eigenvalue weighted by Gasteiger charge is -2.21. The monoisotopic (exact) mass is 444 g/mol. The van der Waals surface area contributed by atoms with E-state index in [1.165, 1.54) is 0 Å². The lowest BCUT2D eigenvalue weighted by Crippen LogP contribution is -2.70. The van der Waals surface area contributed by atoms with Gasteiger partial charge in [-0.2, -0.15) is 0 Å². The second-order valence-electron chi connectivity index (χ2n) is 5.18. The molecule has 0 heterocycles. The number of carbonyl (C=O) groups excluding carboxylic acids is 3. The Labute approximate surface area is 153 Å². The molecule has 0 atom stereocenters. The summed E-state index contributed by atoms with van der Waals surface area (Å²) in [6.07, 6.45) is 0.891. The summed E-state index contributed by atoms with van der Waals surface area (Å²) < 4.78 is 6.28. The van der Waals surface area contributed by atoms with Gasteiger partial charge >= 0.3 is 0 Å². The Morgan fingerprint density at radius 2 is 1.88 bits per heavy atom. The SMILES string of the molecule is NC(=O)C(N)(N)NC(=O)CCOCCCC(=O)c1cccc([123I])c1. The van der Waals surface area contributed by atoms with Crippen molar-refractivity contribution in [3.8, 4) is 0 Å². The Morgan fingerprint density at radius 1 is 1.17 bits per heavy atom. The molecule has 0 saturated carbocycles. The van der Waals surface area contributed by atoms with Gasteiger partial charge in [-0.25, -0.2) is 0 Å². The lowest BCUT2D eigenvalue weighted by atomic mass is 10.1. The molecule has 1 rings (SSSR count). The van der Waals surface area contributed by atoms with Crippen LogP contribution in [0.3, 0.4) is 0 Å². The van der Waals surface area contributed by atoms with Crippen molar-refractivity contribution in [3.63, 3.8) is 0 Å². The summed E-state index contributed by atoms with van der Waals surface area (Å²) in [7, 11) is 0. The molecule has 0 aliphatic heterocycles. The summed E-state index contributed by atoms with van der Waals surface area (Å²) in [5.41, 5.74) is 16.2. The predicted molar refractivity (Wildman–Crippen MR) is 96.6 cm³/mol. The second-order valence-corrected chi connectivity index (χ2v) is 6.43. The van der Waals surface area contributed by atoms with Crippen LogP contribution in [-0.4, -0.2) is 36.6 Å². The molecule has 8 nitrogen and oxygen atoms in total. The van der Waals surface area contributed by atoms with Gasteiger partial charge < -0.3 is 15.8 Å². The molecule has 1 aromatic carbocycles. The van der Waals surface area contributed by atoms with Crippen molar-refractivity contribution in [2.24, 2.45) is 17.2 Å². The highest BCUT2D eigenvalue weighted by atomic mass is 123. The first kappa shape index (κ1) is 20.5. The van der Waals surface area contributed by atoms with Gasteiger partial charge in [-0.05, 0) is 41.1 Å². The molecule has 0 aliphatic rings. The summed E-state index contributed by atoms with van der Waals surface area (Å²) in [4.78, 5) is 34.3. The molecule has 9 heteroatoms. The smallest absolute Gasteiger partial charge is 0.273 e. The van der Waals surface area contributed by atoms with E-state index < -0.39 is 17.6 Å². The van der Waals surface area contributed by atoms with Crippen LogP contribution in [0.4, 0.5) is 0 Å². The third-order valence-corrected chi connectivity index (χ3v) is 3.74. The van der Waals surface area contributed by atoms with E-state index in [9.17, 15) is 14.4 Å². The van der Waals surface area contributed by atoms with Gasteiger partial charge in [0.15, 0.2) is 5.78 Å². The number of nitrogens with one attached hydrogen (secondary N) is 1. The number of amides is 2. The summed E-state index contributed by atoms with van der Waals surface area (Å²) in [6.45, 7) is 0.466. The van der Waals surface area contributed by atoms with Crippen molar-refractivity contribution < 1.29 is 19.1 Å². The maximum atomic E-state index is 12.0.